The van der Waals surface area contributed by atoms with E-state index in [0.29, 0.717) is 19.0 Å². The van der Waals surface area contributed by atoms with Gasteiger partial charge in [0.05, 0.1) is 0 Å². The van der Waals surface area contributed by atoms with Crippen molar-refractivity contribution in [3.05, 3.63) is 12.2 Å². The minimum atomic E-state index is 0.134. The molecular weight excluding hydrogens is 200 g/mol. The van der Waals surface area contributed by atoms with E-state index in [1.807, 2.05) is 0 Å². The Kier molecular flexibility index (Phi) is 3.64. The zero-order valence-electron chi connectivity index (χ0n) is 9.87. The summed E-state index contributed by atoms with van der Waals surface area (Å²) in [5, 5.41) is 3.13. The minimum absolute atomic E-state index is 0.134. The normalized spacial score (nSPS) is 27.2. The maximum absolute atomic E-state index is 11.9. The van der Waals surface area contributed by atoms with Crippen molar-refractivity contribution in [2.75, 3.05) is 6.54 Å². The van der Waals surface area contributed by atoms with E-state index in [9.17, 15) is 4.79 Å². The van der Waals surface area contributed by atoms with E-state index in [2.05, 4.69) is 17.5 Å². The Balaban J connectivity index is 1.77. The third-order valence-electron chi connectivity index (χ3n) is 4.02. The van der Waals surface area contributed by atoms with Crippen LogP contribution >= 0.6 is 0 Å². The van der Waals surface area contributed by atoms with E-state index in [1.54, 1.807) is 0 Å². The standard InChI is InChI=1S/C13H22N2O/c14-10-13(7-4-8-13)9-12(16)15-11-5-2-1-3-6-11/h1-2,11H,3-10,14H2,(H,15,16). The van der Waals surface area contributed by atoms with Gasteiger partial charge < -0.3 is 11.1 Å². The van der Waals surface area contributed by atoms with Gasteiger partial charge in [0.15, 0.2) is 0 Å². The molecule has 1 atom stereocenters. The van der Waals surface area contributed by atoms with E-state index in [-0.39, 0.29) is 11.3 Å². The number of rotatable bonds is 4. The van der Waals surface area contributed by atoms with Crippen molar-refractivity contribution in [3.8, 4) is 0 Å². The molecule has 0 saturated heterocycles. The van der Waals surface area contributed by atoms with Gasteiger partial charge in [-0.15, -0.1) is 0 Å². The zero-order chi connectivity index (χ0) is 11.4. The average molecular weight is 222 g/mol. The van der Waals surface area contributed by atoms with E-state index < -0.39 is 0 Å². The monoisotopic (exact) mass is 222 g/mol. The van der Waals surface area contributed by atoms with Crippen LogP contribution in [0.4, 0.5) is 0 Å². The molecule has 1 amide bonds. The molecule has 16 heavy (non-hydrogen) atoms. The molecule has 0 aromatic heterocycles. The van der Waals surface area contributed by atoms with Crippen LogP contribution in [-0.4, -0.2) is 18.5 Å². The number of allylic oxidation sites excluding steroid dienone is 1. The summed E-state index contributed by atoms with van der Waals surface area (Å²) in [7, 11) is 0. The molecule has 3 heteroatoms. The smallest absolute Gasteiger partial charge is 0.220 e. The molecular formula is C13H22N2O. The predicted molar refractivity (Wildman–Crippen MR) is 64.9 cm³/mol. The Morgan fingerprint density at radius 1 is 1.44 bits per heavy atom. The van der Waals surface area contributed by atoms with Crippen LogP contribution in [0.3, 0.4) is 0 Å². The van der Waals surface area contributed by atoms with Crippen molar-refractivity contribution < 1.29 is 4.79 Å². The highest BCUT2D eigenvalue weighted by Crippen LogP contribution is 2.42. The van der Waals surface area contributed by atoms with Crippen molar-refractivity contribution >= 4 is 5.91 Å². The molecule has 1 saturated carbocycles. The van der Waals surface area contributed by atoms with Crippen molar-refractivity contribution in [2.45, 2.75) is 51.0 Å². The summed E-state index contributed by atoms with van der Waals surface area (Å²) in [6.07, 6.45) is 11.6. The first kappa shape index (κ1) is 11.6. The van der Waals surface area contributed by atoms with Gasteiger partial charge in [0.2, 0.25) is 5.91 Å². The number of nitrogens with one attached hydrogen (secondary N) is 1. The van der Waals surface area contributed by atoms with Gasteiger partial charge in [-0.2, -0.15) is 0 Å². The van der Waals surface area contributed by atoms with Crippen LogP contribution in [0.5, 0.6) is 0 Å². The Hall–Kier alpha value is -0.830. The first-order chi connectivity index (χ1) is 7.74. The highest BCUT2D eigenvalue weighted by Gasteiger charge is 2.37. The van der Waals surface area contributed by atoms with E-state index in [4.69, 9.17) is 5.73 Å². The van der Waals surface area contributed by atoms with Gasteiger partial charge in [0.25, 0.3) is 0 Å². The van der Waals surface area contributed by atoms with Crippen molar-refractivity contribution in [3.63, 3.8) is 0 Å². The van der Waals surface area contributed by atoms with Crippen LogP contribution in [0.2, 0.25) is 0 Å². The molecule has 2 aliphatic carbocycles. The molecule has 0 heterocycles. The second kappa shape index (κ2) is 5.00. The Morgan fingerprint density at radius 2 is 2.25 bits per heavy atom. The fourth-order valence-corrected chi connectivity index (χ4v) is 2.67. The van der Waals surface area contributed by atoms with Gasteiger partial charge in [-0.25, -0.2) is 0 Å². The lowest BCUT2D eigenvalue weighted by Gasteiger charge is -2.40. The van der Waals surface area contributed by atoms with Crippen molar-refractivity contribution in [1.82, 2.24) is 5.32 Å². The number of hydrogen-bond donors (Lipinski definition) is 2. The van der Waals surface area contributed by atoms with E-state index in [0.717, 1.165) is 32.1 Å². The molecule has 0 aromatic rings. The molecule has 0 spiro atoms. The Bertz CT molecular complexity index is 276. The van der Waals surface area contributed by atoms with Crippen molar-refractivity contribution in [1.29, 1.82) is 0 Å². The number of hydrogen-bond acceptors (Lipinski definition) is 2. The molecule has 1 unspecified atom stereocenters. The second-order valence-corrected chi connectivity index (χ2v) is 5.28. The second-order valence-electron chi connectivity index (χ2n) is 5.28. The van der Waals surface area contributed by atoms with Gasteiger partial charge >= 0.3 is 0 Å². The lowest BCUT2D eigenvalue weighted by Crippen LogP contribution is -2.44. The molecule has 90 valence electrons. The average Bonchev–Trinajstić information content (AvgIpc) is 2.25. The van der Waals surface area contributed by atoms with E-state index >= 15 is 0 Å². The fraction of sp³-hybridized carbons (Fsp3) is 0.769. The predicted octanol–water partition coefficient (Wildman–Crippen LogP) is 1.73. The summed E-state index contributed by atoms with van der Waals surface area (Å²) in [5.41, 5.74) is 5.89. The highest BCUT2D eigenvalue weighted by atomic mass is 16.1. The minimum Gasteiger partial charge on any atom is -0.353 e. The van der Waals surface area contributed by atoms with Gasteiger partial charge in [0.1, 0.15) is 0 Å². The van der Waals surface area contributed by atoms with Crippen LogP contribution in [0.1, 0.15) is 44.9 Å². The van der Waals surface area contributed by atoms with Crippen LogP contribution in [0.25, 0.3) is 0 Å². The Labute approximate surface area is 97.5 Å². The van der Waals surface area contributed by atoms with Gasteiger partial charge in [-0.05, 0) is 44.1 Å². The topological polar surface area (TPSA) is 55.1 Å². The zero-order valence-corrected chi connectivity index (χ0v) is 9.87. The highest BCUT2D eigenvalue weighted by molar-refractivity contribution is 5.77. The van der Waals surface area contributed by atoms with Crippen LogP contribution in [0.15, 0.2) is 12.2 Å². The largest absolute Gasteiger partial charge is 0.353 e. The summed E-state index contributed by atoms with van der Waals surface area (Å²) in [6, 6.07) is 0.354. The van der Waals surface area contributed by atoms with Crippen LogP contribution < -0.4 is 11.1 Å². The molecule has 0 bridgehead atoms. The summed E-state index contributed by atoms with van der Waals surface area (Å²) >= 11 is 0. The number of nitrogens with two attached hydrogens (primary N) is 1. The fourth-order valence-electron chi connectivity index (χ4n) is 2.67. The lowest BCUT2D eigenvalue weighted by molar-refractivity contribution is -0.125. The van der Waals surface area contributed by atoms with E-state index in [1.165, 1.54) is 6.42 Å². The van der Waals surface area contributed by atoms with Gasteiger partial charge in [-0.3, -0.25) is 4.79 Å². The third-order valence-corrected chi connectivity index (χ3v) is 4.02. The molecule has 1 fully saturated rings. The number of carbonyl (C=O) groups is 1. The van der Waals surface area contributed by atoms with Gasteiger partial charge in [-0.1, -0.05) is 18.6 Å². The molecule has 3 N–H and O–H groups in total. The summed E-state index contributed by atoms with van der Waals surface area (Å²) in [6.45, 7) is 0.658. The van der Waals surface area contributed by atoms with Crippen molar-refractivity contribution in [2.24, 2.45) is 11.1 Å². The number of carbonyl (C=O) groups excluding carboxylic acids is 1. The first-order valence-corrected chi connectivity index (χ1v) is 6.39. The molecule has 0 aromatic carbocycles. The molecule has 3 nitrogen and oxygen atoms in total. The number of amides is 1. The molecule has 0 aliphatic heterocycles. The van der Waals surface area contributed by atoms with Crippen LogP contribution in [-0.2, 0) is 4.79 Å². The summed E-state index contributed by atoms with van der Waals surface area (Å²) in [5.74, 6) is 0.199. The molecule has 2 rings (SSSR count). The SMILES string of the molecule is NCC1(CC(=O)NC2CC=CCC2)CCC1. The van der Waals surface area contributed by atoms with Gasteiger partial charge in [0, 0.05) is 12.5 Å². The first-order valence-electron chi connectivity index (χ1n) is 6.39. The third kappa shape index (κ3) is 2.64. The molecule has 2 aliphatic rings. The maximum atomic E-state index is 11.9. The lowest BCUT2D eigenvalue weighted by atomic mass is 9.66. The van der Waals surface area contributed by atoms with Crippen LogP contribution in [0, 0.1) is 5.41 Å². The summed E-state index contributed by atoms with van der Waals surface area (Å²) < 4.78 is 0. The molecule has 0 radical (unpaired) electrons. The summed E-state index contributed by atoms with van der Waals surface area (Å²) in [4.78, 5) is 11.9. The quantitative estimate of drug-likeness (QED) is 0.712. The maximum Gasteiger partial charge on any atom is 0.220 e. The Morgan fingerprint density at radius 3 is 2.75 bits per heavy atom.